The second-order valence-electron chi connectivity index (χ2n) is 5.83. The average Bonchev–Trinajstić information content (AvgIpc) is 2.63. The van der Waals surface area contributed by atoms with Gasteiger partial charge in [0.25, 0.3) is 0 Å². The molecule has 132 valence electrons. The molecule has 0 radical (unpaired) electrons. The maximum Gasteiger partial charge on any atom is 0.374 e. The van der Waals surface area contributed by atoms with Crippen LogP contribution in [0.5, 0.6) is 5.75 Å². The molecule has 0 aliphatic carbocycles. The largest absolute Gasteiger partial charge is 0.494 e. The Morgan fingerprint density at radius 2 is 2.16 bits per heavy atom. The molecular weight excluding hydrogens is 340 g/mol. The van der Waals surface area contributed by atoms with Crippen LogP contribution in [0.3, 0.4) is 0 Å². The first kappa shape index (κ1) is 17.6. The number of carbonyl (C=O) groups is 1. The van der Waals surface area contributed by atoms with Crippen LogP contribution in [0.15, 0.2) is 32.3 Å². The predicted molar refractivity (Wildman–Crippen MR) is 96.5 cm³/mol. The summed E-state index contributed by atoms with van der Waals surface area (Å²) in [7, 11) is 1.27. The normalized spacial score (nSPS) is 12.3. The SMILES string of the molecule is CCCCOc1ccc2c(c1)SCc1c-2oc(C(=O)OC)c(C)c1=O. The summed E-state index contributed by atoms with van der Waals surface area (Å²) < 4.78 is 16.3. The first-order valence-corrected chi connectivity index (χ1v) is 9.20. The van der Waals surface area contributed by atoms with Crippen LogP contribution in [0.2, 0.25) is 0 Å². The molecule has 1 aliphatic heterocycles. The molecule has 1 aromatic carbocycles. The molecule has 1 aliphatic rings. The Labute approximate surface area is 150 Å². The third-order valence-corrected chi connectivity index (χ3v) is 5.22. The molecule has 0 unspecified atom stereocenters. The van der Waals surface area contributed by atoms with Crippen molar-refractivity contribution in [1.29, 1.82) is 0 Å². The minimum absolute atomic E-state index is 0.0348. The Kier molecular flexibility index (Phi) is 5.18. The molecule has 0 bridgehead atoms. The topological polar surface area (TPSA) is 65.7 Å². The van der Waals surface area contributed by atoms with Gasteiger partial charge in [-0.3, -0.25) is 4.79 Å². The van der Waals surface area contributed by atoms with Crippen molar-refractivity contribution in [2.45, 2.75) is 37.3 Å². The summed E-state index contributed by atoms with van der Waals surface area (Å²) in [6.07, 6.45) is 2.08. The fourth-order valence-electron chi connectivity index (χ4n) is 2.69. The van der Waals surface area contributed by atoms with Gasteiger partial charge >= 0.3 is 5.97 Å². The standard InChI is InChI=1S/C19H20O5S/c1-4-5-8-23-12-6-7-13-15(9-12)25-10-14-16(20)11(2)17(19(21)22-3)24-18(13)14/h6-7,9H,4-5,8,10H2,1-3H3. The number of hydrogen-bond acceptors (Lipinski definition) is 6. The monoisotopic (exact) mass is 360 g/mol. The van der Waals surface area contributed by atoms with Crippen molar-refractivity contribution < 1.29 is 18.7 Å². The van der Waals surface area contributed by atoms with E-state index in [1.54, 1.807) is 18.7 Å². The number of ether oxygens (including phenoxy) is 2. The van der Waals surface area contributed by atoms with Gasteiger partial charge in [0.05, 0.1) is 19.3 Å². The van der Waals surface area contributed by atoms with Crippen molar-refractivity contribution in [2.24, 2.45) is 0 Å². The third-order valence-electron chi connectivity index (χ3n) is 4.14. The van der Waals surface area contributed by atoms with Crippen LogP contribution in [0.4, 0.5) is 0 Å². The second-order valence-corrected chi connectivity index (χ2v) is 6.85. The first-order valence-electron chi connectivity index (χ1n) is 8.21. The molecule has 6 heteroatoms. The number of methoxy groups -OCH3 is 1. The molecule has 0 spiro atoms. The maximum atomic E-state index is 12.6. The van der Waals surface area contributed by atoms with E-state index < -0.39 is 5.97 Å². The molecule has 0 atom stereocenters. The van der Waals surface area contributed by atoms with E-state index in [1.807, 2.05) is 18.2 Å². The third kappa shape index (κ3) is 3.31. The predicted octanol–water partition coefficient (Wildman–Crippen LogP) is 4.19. The zero-order valence-electron chi connectivity index (χ0n) is 14.5. The first-order chi connectivity index (χ1) is 12.1. The summed E-state index contributed by atoms with van der Waals surface area (Å²) in [6.45, 7) is 4.38. The minimum Gasteiger partial charge on any atom is -0.494 e. The van der Waals surface area contributed by atoms with E-state index in [9.17, 15) is 9.59 Å². The van der Waals surface area contributed by atoms with E-state index in [0.29, 0.717) is 23.7 Å². The summed E-state index contributed by atoms with van der Waals surface area (Å²) in [6, 6.07) is 5.69. The van der Waals surface area contributed by atoms with Gasteiger partial charge in [-0.15, -0.1) is 11.8 Å². The van der Waals surface area contributed by atoms with Gasteiger partial charge in [-0.2, -0.15) is 0 Å². The van der Waals surface area contributed by atoms with Crippen molar-refractivity contribution in [3.8, 4) is 17.1 Å². The minimum atomic E-state index is -0.642. The molecule has 0 fully saturated rings. The number of benzene rings is 1. The van der Waals surface area contributed by atoms with Gasteiger partial charge in [-0.05, 0) is 31.5 Å². The summed E-state index contributed by atoms with van der Waals surface area (Å²) >= 11 is 1.57. The second kappa shape index (κ2) is 7.35. The van der Waals surface area contributed by atoms with Gasteiger partial charge in [-0.1, -0.05) is 13.3 Å². The number of carbonyl (C=O) groups excluding carboxylic acids is 1. The summed E-state index contributed by atoms with van der Waals surface area (Å²) in [5, 5.41) is 0. The molecule has 3 rings (SSSR count). The van der Waals surface area contributed by atoms with Crippen LogP contribution in [0.25, 0.3) is 11.3 Å². The van der Waals surface area contributed by atoms with Gasteiger partial charge < -0.3 is 13.9 Å². The van der Waals surface area contributed by atoms with E-state index in [2.05, 4.69) is 6.92 Å². The highest BCUT2D eigenvalue weighted by Crippen LogP contribution is 2.42. The smallest absolute Gasteiger partial charge is 0.374 e. The van der Waals surface area contributed by atoms with Crippen LogP contribution >= 0.6 is 11.8 Å². The number of unbranched alkanes of at least 4 members (excludes halogenated alkanes) is 1. The average molecular weight is 360 g/mol. The van der Waals surface area contributed by atoms with Crippen LogP contribution < -0.4 is 10.2 Å². The molecule has 25 heavy (non-hydrogen) atoms. The zero-order chi connectivity index (χ0) is 18.0. The highest BCUT2D eigenvalue weighted by molar-refractivity contribution is 7.98. The maximum absolute atomic E-state index is 12.6. The lowest BCUT2D eigenvalue weighted by Gasteiger charge is -2.19. The molecule has 0 N–H and O–H groups in total. The fraction of sp³-hybridized carbons (Fsp3) is 0.368. The highest BCUT2D eigenvalue weighted by atomic mass is 32.2. The number of hydrogen-bond donors (Lipinski definition) is 0. The van der Waals surface area contributed by atoms with Crippen molar-refractivity contribution in [1.82, 2.24) is 0 Å². The molecule has 1 aromatic heterocycles. The van der Waals surface area contributed by atoms with Gasteiger partial charge in [0.2, 0.25) is 5.76 Å². The van der Waals surface area contributed by atoms with Gasteiger partial charge in [-0.25, -0.2) is 4.79 Å². The van der Waals surface area contributed by atoms with E-state index in [-0.39, 0.29) is 16.8 Å². The molecule has 0 saturated heterocycles. The van der Waals surface area contributed by atoms with Gasteiger partial charge in [0, 0.05) is 21.8 Å². The lowest BCUT2D eigenvalue weighted by atomic mass is 10.0. The summed E-state index contributed by atoms with van der Waals surface area (Å²) in [5.41, 5.74) is 1.51. The quantitative estimate of drug-likeness (QED) is 0.588. The lowest BCUT2D eigenvalue weighted by Crippen LogP contribution is -2.20. The molecule has 0 saturated carbocycles. The molecular formula is C19H20O5S. The van der Waals surface area contributed by atoms with Crippen LogP contribution in [0.1, 0.15) is 41.4 Å². The van der Waals surface area contributed by atoms with Crippen molar-refractivity contribution in [3.05, 3.63) is 45.3 Å². The molecule has 2 heterocycles. The van der Waals surface area contributed by atoms with Crippen LogP contribution in [-0.2, 0) is 10.5 Å². The summed E-state index contributed by atoms with van der Waals surface area (Å²) in [5.74, 6) is 1.07. The van der Waals surface area contributed by atoms with E-state index in [1.165, 1.54) is 7.11 Å². The Morgan fingerprint density at radius 3 is 2.88 bits per heavy atom. The van der Waals surface area contributed by atoms with Crippen LogP contribution in [-0.4, -0.2) is 19.7 Å². The van der Waals surface area contributed by atoms with E-state index >= 15 is 0 Å². The number of thioether (sulfide) groups is 1. The van der Waals surface area contributed by atoms with Gasteiger partial charge in [0.15, 0.2) is 5.43 Å². The Bertz CT molecular complexity index is 869. The zero-order valence-corrected chi connectivity index (χ0v) is 15.3. The van der Waals surface area contributed by atoms with Crippen molar-refractivity contribution >= 4 is 17.7 Å². The van der Waals surface area contributed by atoms with Crippen LogP contribution in [0, 0.1) is 6.92 Å². The Hall–Kier alpha value is -2.21. The van der Waals surface area contributed by atoms with Gasteiger partial charge in [0.1, 0.15) is 11.5 Å². The molecule has 0 amide bonds. The van der Waals surface area contributed by atoms with Crippen molar-refractivity contribution in [2.75, 3.05) is 13.7 Å². The molecule has 5 nitrogen and oxygen atoms in total. The fourth-order valence-corrected chi connectivity index (χ4v) is 3.77. The molecule has 2 aromatic rings. The number of fused-ring (bicyclic) bond motifs is 3. The lowest BCUT2D eigenvalue weighted by molar-refractivity contribution is 0.0561. The van der Waals surface area contributed by atoms with Crippen molar-refractivity contribution in [3.63, 3.8) is 0 Å². The van der Waals surface area contributed by atoms with E-state index in [4.69, 9.17) is 13.9 Å². The Morgan fingerprint density at radius 1 is 1.36 bits per heavy atom. The summed E-state index contributed by atoms with van der Waals surface area (Å²) in [4.78, 5) is 25.5. The Balaban J connectivity index is 2.04. The number of rotatable bonds is 5. The van der Waals surface area contributed by atoms with E-state index in [0.717, 1.165) is 29.1 Å². The highest BCUT2D eigenvalue weighted by Gasteiger charge is 2.27. The number of esters is 1.